The lowest BCUT2D eigenvalue weighted by atomic mass is 10.2. The summed E-state index contributed by atoms with van der Waals surface area (Å²) in [4.78, 5) is 27.0. The van der Waals surface area contributed by atoms with Crippen LogP contribution < -0.4 is 0 Å². The third-order valence-corrected chi connectivity index (χ3v) is 4.06. The molecule has 90 valence electrons. The Kier molecular flexibility index (Phi) is 4.09. The quantitative estimate of drug-likeness (QED) is 0.723. The van der Waals surface area contributed by atoms with Crippen LogP contribution in [-0.4, -0.2) is 52.9 Å². The van der Waals surface area contributed by atoms with Gasteiger partial charge in [0.2, 0.25) is 11.8 Å². The van der Waals surface area contributed by atoms with Crippen molar-refractivity contribution >= 4 is 23.6 Å². The van der Waals surface area contributed by atoms with Gasteiger partial charge in [-0.2, -0.15) is 0 Å². The molecule has 0 bridgehead atoms. The molecule has 2 aliphatic rings. The summed E-state index contributed by atoms with van der Waals surface area (Å²) in [5.74, 6) is 1.44. The number of hydrogen-bond acceptors (Lipinski definition) is 3. The van der Waals surface area contributed by atoms with Crippen molar-refractivity contribution in [3.8, 4) is 0 Å². The van der Waals surface area contributed by atoms with Crippen LogP contribution in [0.25, 0.3) is 0 Å². The Morgan fingerprint density at radius 2 is 1.88 bits per heavy atom. The van der Waals surface area contributed by atoms with Gasteiger partial charge in [0, 0.05) is 13.1 Å². The van der Waals surface area contributed by atoms with E-state index in [1.165, 1.54) is 12.8 Å². The summed E-state index contributed by atoms with van der Waals surface area (Å²) in [5.41, 5.74) is 0. The summed E-state index contributed by atoms with van der Waals surface area (Å²) in [6, 6.07) is 0. The zero-order valence-electron chi connectivity index (χ0n) is 9.48. The molecule has 0 aromatic rings. The second-order valence-electron chi connectivity index (χ2n) is 4.36. The molecule has 0 N–H and O–H groups in total. The van der Waals surface area contributed by atoms with Crippen molar-refractivity contribution in [2.24, 2.45) is 0 Å². The molecule has 5 heteroatoms. The van der Waals surface area contributed by atoms with Crippen molar-refractivity contribution in [2.75, 3.05) is 31.3 Å². The van der Waals surface area contributed by atoms with E-state index in [1.807, 2.05) is 4.90 Å². The van der Waals surface area contributed by atoms with Crippen molar-refractivity contribution in [3.63, 3.8) is 0 Å². The van der Waals surface area contributed by atoms with E-state index in [1.54, 1.807) is 16.7 Å². The fourth-order valence-electron chi connectivity index (χ4n) is 2.12. The van der Waals surface area contributed by atoms with Crippen LogP contribution in [0.3, 0.4) is 0 Å². The number of nitrogens with zero attached hydrogens (tertiary/aromatic N) is 2. The summed E-state index contributed by atoms with van der Waals surface area (Å²) in [7, 11) is 0. The number of amides is 2. The number of carbonyl (C=O) groups excluding carboxylic acids is 2. The van der Waals surface area contributed by atoms with E-state index in [0.717, 1.165) is 25.9 Å². The second-order valence-corrected chi connectivity index (χ2v) is 5.32. The normalized spacial score (nSPS) is 22.4. The van der Waals surface area contributed by atoms with Gasteiger partial charge in [-0.15, -0.1) is 11.8 Å². The molecule has 0 radical (unpaired) electrons. The predicted molar refractivity (Wildman–Crippen MR) is 64.1 cm³/mol. The number of carbonyl (C=O) groups is 2. The molecule has 0 aromatic carbocycles. The van der Waals surface area contributed by atoms with Crippen LogP contribution in [0.4, 0.5) is 0 Å². The van der Waals surface area contributed by atoms with Gasteiger partial charge in [0.1, 0.15) is 6.54 Å². The average molecular weight is 242 g/mol. The highest BCUT2D eigenvalue weighted by molar-refractivity contribution is 8.00. The Balaban J connectivity index is 1.84. The third kappa shape index (κ3) is 2.90. The van der Waals surface area contributed by atoms with Gasteiger partial charge in [-0.1, -0.05) is 12.8 Å². The van der Waals surface area contributed by atoms with Crippen molar-refractivity contribution in [1.29, 1.82) is 0 Å². The molecule has 2 heterocycles. The van der Waals surface area contributed by atoms with E-state index in [2.05, 4.69) is 0 Å². The van der Waals surface area contributed by atoms with Gasteiger partial charge in [-0.3, -0.25) is 9.59 Å². The summed E-state index contributed by atoms with van der Waals surface area (Å²) in [6.07, 6.45) is 4.66. The first kappa shape index (κ1) is 11.8. The lowest BCUT2D eigenvalue weighted by molar-refractivity contribution is -0.137. The molecule has 0 aromatic heterocycles. The smallest absolute Gasteiger partial charge is 0.242 e. The molecule has 0 spiro atoms. The Bertz CT molecular complexity index is 275. The molecule has 0 aliphatic carbocycles. The first-order valence-corrected chi connectivity index (χ1v) is 7.06. The van der Waals surface area contributed by atoms with Crippen molar-refractivity contribution in [3.05, 3.63) is 0 Å². The molecule has 2 rings (SSSR count). The van der Waals surface area contributed by atoms with Crippen molar-refractivity contribution in [2.45, 2.75) is 25.7 Å². The molecule has 2 fully saturated rings. The Hall–Kier alpha value is -0.710. The maximum Gasteiger partial charge on any atom is 0.242 e. The second kappa shape index (κ2) is 5.57. The zero-order chi connectivity index (χ0) is 11.4. The van der Waals surface area contributed by atoms with Crippen LogP contribution in [0.1, 0.15) is 25.7 Å². The number of thioether (sulfide) groups is 1. The van der Waals surface area contributed by atoms with Crippen LogP contribution in [0.15, 0.2) is 0 Å². The molecule has 16 heavy (non-hydrogen) atoms. The monoisotopic (exact) mass is 242 g/mol. The minimum Gasteiger partial charge on any atom is -0.341 e. The van der Waals surface area contributed by atoms with Gasteiger partial charge in [0.05, 0.1) is 11.6 Å². The van der Waals surface area contributed by atoms with Gasteiger partial charge in [0.25, 0.3) is 0 Å². The van der Waals surface area contributed by atoms with E-state index in [0.29, 0.717) is 11.6 Å². The Morgan fingerprint density at radius 3 is 2.44 bits per heavy atom. The number of hydrogen-bond donors (Lipinski definition) is 0. The maximum absolute atomic E-state index is 12.0. The maximum atomic E-state index is 12.0. The van der Waals surface area contributed by atoms with Crippen LogP contribution >= 0.6 is 11.8 Å². The van der Waals surface area contributed by atoms with Crippen molar-refractivity contribution in [1.82, 2.24) is 9.80 Å². The third-order valence-electron chi connectivity index (χ3n) is 3.11. The van der Waals surface area contributed by atoms with Crippen LogP contribution in [0.5, 0.6) is 0 Å². The van der Waals surface area contributed by atoms with Crippen LogP contribution in [-0.2, 0) is 9.59 Å². The lowest BCUT2D eigenvalue weighted by Crippen LogP contribution is -2.41. The van der Waals surface area contributed by atoms with E-state index in [4.69, 9.17) is 0 Å². The van der Waals surface area contributed by atoms with E-state index in [9.17, 15) is 9.59 Å². The van der Waals surface area contributed by atoms with Gasteiger partial charge >= 0.3 is 0 Å². The minimum absolute atomic E-state index is 0.105. The van der Waals surface area contributed by atoms with Gasteiger partial charge < -0.3 is 9.80 Å². The summed E-state index contributed by atoms with van der Waals surface area (Å²) < 4.78 is 0. The Labute approximate surface area is 100 Å². The molecule has 0 saturated carbocycles. The molecule has 2 saturated heterocycles. The predicted octanol–water partition coefficient (Wildman–Crippen LogP) is 0.922. The molecular formula is C11H18N2O2S. The minimum atomic E-state index is 0.105. The fraction of sp³-hybridized carbons (Fsp3) is 0.818. The van der Waals surface area contributed by atoms with E-state index in [-0.39, 0.29) is 18.4 Å². The van der Waals surface area contributed by atoms with Crippen LogP contribution in [0.2, 0.25) is 0 Å². The molecule has 0 atom stereocenters. The standard InChI is InChI=1S/C11H18N2O2S/c14-10(7-13-9-16-8-11(13)15)12-5-3-1-2-4-6-12/h1-9H2. The molecular weight excluding hydrogens is 224 g/mol. The average Bonchev–Trinajstić information content (AvgIpc) is 2.57. The molecule has 2 amide bonds. The molecule has 2 aliphatic heterocycles. The first-order valence-electron chi connectivity index (χ1n) is 5.90. The van der Waals surface area contributed by atoms with Gasteiger partial charge in [-0.05, 0) is 12.8 Å². The van der Waals surface area contributed by atoms with E-state index >= 15 is 0 Å². The fourth-order valence-corrected chi connectivity index (χ4v) is 3.03. The number of rotatable bonds is 2. The lowest BCUT2D eigenvalue weighted by Gasteiger charge is -2.23. The zero-order valence-corrected chi connectivity index (χ0v) is 10.3. The summed E-state index contributed by atoms with van der Waals surface area (Å²) in [6.45, 7) is 2.02. The highest BCUT2D eigenvalue weighted by Gasteiger charge is 2.25. The molecule has 4 nitrogen and oxygen atoms in total. The Morgan fingerprint density at radius 1 is 1.19 bits per heavy atom. The van der Waals surface area contributed by atoms with E-state index < -0.39 is 0 Å². The van der Waals surface area contributed by atoms with Gasteiger partial charge in [0.15, 0.2) is 0 Å². The SMILES string of the molecule is O=C(CN1CSCC1=O)N1CCCCCC1. The summed E-state index contributed by atoms with van der Waals surface area (Å²) >= 11 is 1.59. The largest absolute Gasteiger partial charge is 0.341 e. The van der Waals surface area contributed by atoms with Crippen molar-refractivity contribution < 1.29 is 9.59 Å². The molecule has 0 unspecified atom stereocenters. The highest BCUT2D eigenvalue weighted by Crippen LogP contribution is 2.16. The topological polar surface area (TPSA) is 40.6 Å². The van der Waals surface area contributed by atoms with Crippen LogP contribution in [0, 0.1) is 0 Å². The summed E-state index contributed by atoms with van der Waals surface area (Å²) in [5, 5.41) is 0. The first-order chi connectivity index (χ1) is 7.77. The number of likely N-dealkylation sites (tertiary alicyclic amines) is 1. The van der Waals surface area contributed by atoms with Gasteiger partial charge in [-0.25, -0.2) is 0 Å². The highest BCUT2D eigenvalue weighted by atomic mass is 32.2.